The monoisotopic (exact) mass is 432 g/mol. The lowest BCUT2D eigenvalue weighted by molar-refractivity contribution is -0.139. The van der Waals surface area contributed by atoms with Gasteiger partial charge in [0, 0.05) is 22.2 Å². The molecule has 0 radical (unpaired) electrons. The predicted octanol–water partition coefficient (Wildman–Crippen LogP) is 4.37. The Kier molecular flexibility index (Phi) is 6.63. The number of hydrogen-bond acceptors (Lipinski definition) is 4. The number of halogens is 2. The number of hydrogen-bond donors (Lipinski definition) is 1. The van der Waals surface area contributed by atoms with E-state index in [1.807, 2.05) is 19.0 Å². The zero-order chi connectivity index (χ0) is 21.1. The number of likely N-dealkylation sites (tertiary alicyclic amines) is 1. The summed E-state index contributed by atoms with van der Waals surface area (Å²) in [5.74, 6) is -1.52. The Labute approximate surface area is 180 Å². The molecule has 1 aliphatic heterocycles. The van der Waals surface area contributed by atoms with Crippen molar-refractivity contribution >= 4 is 40.7 Å². The summed E-state index contributed by atoms with van der Waals surface area (Å²) in [4.78, 5) is 29.2. The molecule has 1 fully saturated rings. The molecular weight excluding hydrogens is 411 g/mol. The zero-order valence-corrected chi connectivity index (χ0v) is 17.7. The third-order valence-electron chi connectivity index (χ3n) is 4.85. The molecule has 1 amide bonds. The van der Waals surface area contributed by atoms with Crippen molar-refractivity contribution in [2.45, 2.75) is 12.5 Å². The van der Waals surface area contributed by atoms with Crippen LogP contribution in [0.15, 0.2) is 54.1 Å². The van der Waals surface area contributed by atoms with Crippen molar-refractivity contribution < 1.29 is 14.7 Å². The number of carbonyl (C=O) groups is 2. The maximum atomic E-state index is 12.9. The van der Waals surface area contributed by atoms with E-state index in [1.54, 1.807) is 48.5 Å². The van der Waals surface area contributed by atoms with Gasteiger partial charge in [0.15, 0.2) is 0 Å². The van der Waals surface area contributed by atoms with Crippen molar-refractivity contribution in [2.24, 2.45) is 0 Å². The second-order valence-electron chi connectivity index (χ2n) is 7.21. The molecular formula is C22H22Cl2N2O3. The number of benzene rings is 2. The van der Waals surface area contributed by atoms with E-state index in [0.717, 1.165) is 6.54 Å². The Morgan fingerprint density at radius 2 is 1.55 bits per heavy atom. The maximum Gasteiger partial charge on any atom is 0.295 e. The normalized spacial score (nSPS) is 18.7. The molecule has 0 aliphatic carbocycles. The van der Waals surface area contributed by atoms with Gasteiger partial charge in [0.1, 0.15) is 5.76 Å². The number of ketones is 1. The van der Waals surface area contributed by atoms with E-state index in [9.17, 15) is 14.7 Å². The van der Waals surface area contributed by atoms with Gasteiger partial charge < -0.3 is 14.9 Å². The number of rotatable bonds is 6. The lowest BCUT2D eigenvalue weighted by atomic mass is 9.95. The summed E-state index contributed by atoms with van der Waals surface area (Å²) in [5, 5.41) is 12.0. The van der Waals surface area contributed by atoms with Crippen molar-refractivity contribution in [3.8, 4) is 0 Å². The van der Waals surface area contributed by atoms with Gasteiger partial charge in [-0.25, -0.2) is 0 Å². The summed E-state index contributed by atoms with van der Waals surface area (Å²) in [7, 11) is 3.90. The van der Waals surface area contributed by atoms with Crippen LogP contribution < -0.4 is 0 Å². The highest BCUT2D eigenvalue weighted by Crippen LogP contribution is 2.39. The van der Waals surface area contributed by atoms with Gasteiger partial charge >= 0.3 is 0 Å². The quantitative estimate of drug-likeness (QED) is 0.418. The van der Waals surface area contributed by atoms with Crippen molar-refractivity contribution in [3.05, 3.63) is 75.3 Å². The smallest absolute Gasteiger partial charge is 0.295 e. The molecule has 2 aromatic rings. The molecule has 29 heavy (non-hydrogen) atoms. The van der Waals surface area contributed by atoms with E-state index in [0.29, 0.717) is 34.1 Å². The Morgan fingerprint density at radius 3 is 2.10 bits per heavy atom. The first-order valence-corrected chi connectivity index (χ1v) is 9.99. The van der Waals surface area contributed by atoms with Crippen molar-refractivity contribution in [1.29, 1.82) is 0 Å². The fourth-order valence-electron chi connectivity index (χ4n) is 3.42. The van der Waals surface area contributed by atoms with Crippen LogP contribution in [0, 0.1) is 0 Å². The van der Waals surface area contributed by atoms with Gasteiger partial charge in [0.25, 0.3) is 11.7 Å². The van der Waals surface area contributed by atoms with Gasteiger partial charge in [-0.05, 0) is 69.0 Å². The van der Waals surface area contributed by atoms with Crippen LogP contribution in [0.25, 0.3) is 5.76 Å². The Balaban J connectivity index is 2.07. The molecule has 152 valence electrons. The van der Waals surface area contributed by atoms with Crippen molar-refractivity contribution in [3.63, 3.8) is 0 Å². The second kappa shape index (κ2) is 8.99. The molecule has 0 saturated carbocycles. The first kappa shape index (κ1) is 21.4. The number of aliphatic hydroxyl groups is 1. The number of nitrogens with zero attached hydrogens (tertiary/aromatic N) is 2. The van der Waals surface area contributed by atoms with Crippen LogP contribution >= 0.6 is 23.2 Å². The van der Waals surface area contributed by atoms with Gasteiger partial charge in [-0.3, -0.25) is 9.59 Å². The van der Waals surface area contributed by atoms with E-state index in [1.165, 1.54) is 4.90 Å². The fraction of sp³-hybridized carbons (Fsp3) is 0.273. The van der Waals surface area contributed by atoms with E-state index in [2.05, 4.69) is 0 Å². The molecule has 0 spiro atoms. The lowest BCUT2D eigenvalue weighted by Crippen LogP contribution is -2.32. The maximum absolute atomic E-state index is 12.9. The number of amides is 1. The minimum Gasteiger partial charge on any atom is -0.507 e. The minimum absolute atomic E-state index is 0.0736. The van der Waals surface area contributed by atoms with Gasteiger partial charge in [0.05, 0.1) is 11.6 Å². The van der Waals surface area contributed by atoms with Crippen LogP contribution in [-0.4, -0.2) is 53.8 Å². The number of carbonyl (C=O) groups excluding carboxylic acids is 2. The number of aliphatic hydroxyl groups excluding tert-OH is 1. The molecule has 1 heterocycles. The molecule has 1 atom stereocenters. The summed E-state index contributed by atoms with van der Waals surface area (Å²) < 4.78 is 0. The molecule has 2 aromatic carbocycles. The van der Waals surface area contributed by atoms with Gasteiger partial charge in [-0.15, -0.1) is 0 Å². The van der Waals surface area contributed by atoms with E-state index < -0.39 is 17.7 Å². The van der Waals surface area contributed by atoms with Crippen LogP contribution in [-0.2, 0) is 9.59 Å². The SMILES string of the molecule is CN(C)CCCN1C(=O)C(=O)C(=C(O)c2ccc(Cl)cc2)C1c1ccc(Cl)cc1. The summed E-state index contributed by atoms with van der Waals surface area (Å²) in [6, 6.07) is 12.8. The van der Waals surface area contributed by atoms with Gasteiger partial charge in [0.2, 0.25) is 0 Å². The second-order valence-corrected chi connectivity index (χ2v) is 8.08. The summed E-state index contributed by atoms with van der Waals surface area (Å²) in [6.45, 7) is 1.17. The minimum atomic E-state index is -0.692. The van der Waals surface area contributed by atoms with Crippen LogP contribution in [0.5, 0.6) is 0 Å². The fourth-order valence-corrected chi connectivity index (χ4v) is 3.67. The average Bonchev–Trinajstić information content (AvgIpc) is 2.93. The standard InChI is InChI=1S/C22H22Cl2N2O3/c1-25(2)12-3-13-26-19(14-4-8-16(23)9-5-14)18(21(28)22(26)29)20(27)15-6-10-17(24)11-7-15/h4-11,19,27H,3,12-13H2,1-2H3. The van der Waals surface area contributed by atoms with Gasteiger partial charge in [-0.1, -0.05) is 35.3 Å². The average molecular weight is 433 g/mol. The Bertz CT molecular complexity index is 938. The highest BCUT2D eigenvalue weighted by molar-refractivity contribution is 6.46. The summed E-state index contributed by atoms with van der Waals surface area (Å²) in [5.41, 5.74) is 1.22. The molecule has 0 bridgehead atoms. The summed E-state index contributed by atoms with van der Waals surface area (Å²) >= 11 is 11.9. The van der Waals surface area contributed by atoms with Crippen molar-refractivity contribution in [1.82, 2.24) is 9.80 Å². The molecule has 5 nitrogen and oxygen atoms in total. The van der Waals surface area contributed by atoms with E-state index in [4.69, 9.17) is 23.2 Å². The first-order chi connectivity index (χ1) is 13.8. The third kappa shape index (κ3) is 4.64. The van der Waals surface area contributed by atoms with Crippen LogP contribution in [0.4, 0.5) is 0 Å². The summed E-state index contributed by atoms with van der Waals surface area (Å²) in [6.07, 6.45) is 0.700. The highest BCUT2D eigenvalue weighted by atomic mass is 35.5. The first-order valence-electron chi connectivity index (χ1n) is 9.24. The van der Waals surface area contributed by atoms with Crippen LogP contribution in [0.3, 0.4) is 0 Å². The Hall–Kier alpha value is -2.34. The predicted molar refractivity (Wildman–Crippen MR) is 115 cm³/mol. The van der Waals surface area contributed by atoms with E-state index in [-0.39, 0.29) is 11.3 Å². The van der Waals surface area contributed by atoms with Crippen molar-refractivity contribution in [2.75, 3.05) is 27.2 Å². The molecule has 1 saturated heterocycles. The topological polar surface area (TPSA) is 60.9 Å². The Morgan fingerprint density at radius 1 is 1.00 bits per heavy atom. The third-order valence-corrected chi connectivity index (χ3v) is 5.35. The molecule has 0 aromatic heterocycles. The molecule has 1 aliphatic rings. The van der Waals surface area contributed by atoms with Crippen LogP contribution in [0.2, 0.25) is 10.0 Å². The zero-order valence-electron chi connectivity index (χ0n) is 16.2. The van der Waals surface area contributed by atoms with Crippen LogP contribution in [0.1, 0.15) is 23.6 Å². The largest absolute Gasteiger partial charge is 0.507 e. The van der Waals surface area contributed by atoms with Gasteiger partial charge in [-0.2, -0.15) is 0 Å². The molecule has 1 unspecified atom stereocenters. The highest BCUT2D eigenvalue weighted by Gasteiger charge is 2.45. The molecule has 3 rings (SSSR count). The molecule has 7 heteroatoms. The molecule has 1 N–H and O–H groups in total. The lowest BCUT2D eigenvalue weighted by Gasteiger charge is -2.26. The van der Waals surface area contributed by atoms with E-state index >= 15 is 0 Å². The number of Topliss-reactive ketones (excluding diaryl/α,β-unsaturated/α-hetero) is 1.